The highest BCUT2D eigenvalue weighted by molar-refractivity contribution is 5.86. The van der Waals surface area contributed by atoms with E-state index in [2.05, 4.69) is 49.7 Å². The van der Waals surface area contributed by atoms with Crippen molar-refractivity contribution in [1.82, 2.24) is 4.57 Å². The summed E-state index contributed by atoms with van der Waals surface area (Å²) in [6.45, 7) is 7.27. The van der Waals surface area contributed by atoms with Gasteiger partial charge in [0.05, 0.1) is 12.1 Å². The molecule has 0 saturated carbocycles. The first-order chi connectivity index (χ1) is 7.65. The summed E-state index contributed by atoms with van der Waals surface area (Å²) >= 11 is 0. The van der Waals surface area contributed by atoms with Crippen LogP contribution in [0.25, 0.3) is 10.9 Å². The van der Waals surface area contributed by atoms with Crippen molar-refractivity contribution in [2.75, 3.05) is 7.11 Å². The maximum Gasteiger partial charge on any atom is 0.0733 e. The Hall–Kier alpha value is -1.28. The predicted octanol–water partition coefficient (Wildman–Crippen LogP) is 3.68. The molecule has 1 aromatic carbocycles. The SMILES string of the molecule is COCc1cn(C(C)C)c2c(C)cccc12. The molecule has 0 radical (unpaired) electrons. The number of hydrogen-bond acceptors (Lipinski definition) is 1. The number of aromatic nitrogens is 1. The van der Waals surface area contributed by atoms with Gasteiger partial charge in [-0.1, -0.05) is 18.2 Å². The lowest BCUT2D eigenvalue weighted by Gasteiger charge is -2.10. The molecule has 0 bridgehead atoms. The Morgan fingerprint density at radius 1 is 1.31 bits per heavy atom. The highest BCUT2D eigenvalue weighted by Crippen LogP contribution is 2.27. The minimum absolute atomic E-state index is 0.481. The highest BCUT2D eigenvalue weighted by Gasteiger charge is 2.11. The van der Waals surface area contributed by atoms with Crippen molar-refractivity contribution in [2.45, 2.75) is 33.4 Å². The molecule has 0 aliphatic heterocycles. The van der Waals surface area contributed by atoms with Gasteiger partial charge in [0.2, 0.25) is 0 Å². The van der Waals surface area contributed by atoms with Crippen LogP contribution in [0.4, 0.5) is 0 Å². The fraction of sp³-hybridized carbons (Fsp3) is 0.429. The van der Waals surface area contributed by atoms with Gasteiger partial charge < -0.3 is 9.30 Å². The second kappa shape index (κ2) is 4.30. The van der Waals surface area contributed by atoms with Crippen LogP contribution in [0.3, 0.4) is 0 Å². The lowest BCUT2D eigenvalue weighted by Crippen LogP contribution is -1.99. The molecule has 2 nitrogen and oxygen atoms in total. The minimum Gasteiger partial charge on any atom is -0.380 e. The molecule has 0 aliphatic carbocycles. The summed E-state index contributed by atoms with van der Waals surface area (Å²) < 4.78 is 7.59. The number of rotatable bonds is 3. The Morgan fingerprint density at radius 2 is 2.06 bits per heavy atom. The molecule has 0 amide bonds. The molecule has 0 aliphatic rings. The standard InChI is InChI=1S/C14H19NO/c1-10(2)15-8-12(9-16-4)13-7-5-6-11(3)14(13)15/h5-8,10H,9H2,1-4H3. The van der Waals surface area contributed by atoms with Gasteiger partial charge in [0.1, 0.15) is 0 Å². The molecule has 0 fully saturated rings. The molecule has 0 saturated heterocycles. The molecule has 16 heavy (non-hydrogen) atoms. The average Bonchev–Trinajstić information content (AvgIpc) is 2.60. The van der Waals surface area contributed by atoms with E-state index in [1.165, 1.54) is 22.0 Å². The van der Waals surface area contributed by atoms with Gasteiger partial charge in [-0.05, 0) is 26.3 Å². The van der Waals surface area contributed by atoms with Crippen LogP contribution in [-0.2, 0) is 11.3 Å². The summed E-state index contributed by atoms with van der Waals surface area (Å²) in [5.41, 5.74) is 3.94. The Kier molecular flexibility index (Phi) is 3.01. The smallest absolute Gasteiger partial charge is 0.0733 e. The third-order valence-electron chi connectivity index (χ3n) is 2.99. The lowest BCUT2D eigenvalue weighted by atomic mass is 10.1. The van der Waals surface area contributed by atoms with Crippen LogP contribution in [0.15, 0.2) is 24.4 Å². The monoisotopic (exact) mass is 217 g/mol. The van der Waals surface area contributed by atoms with Crippen LogP contribution in [0.2, 0.25) is 0 Å². The molecule has 86 valence electrons. The van der Waals surface area contributed by atoms with E-state index in [9.17, 15) is 0 Å². The van der Waals surface area contributed by atoms with Crippen LogP contribution in [0.5, 0.6) is 0 Å². The van der Waals surface area contributed by atoms with E-state index in [0.29, 0.717) is 12.6 Å². The van der Waals surface area contributed by atoms with Gasteiger partial charge in [0, 0.05) is 30.3 Å². The van der Waals surface area contributed by atoms with Crippen LogP contribution in [0.1, 0.15) is 31.0 Å². The Labute approximate surface area is 96.8 Å². The van der Waals surface area contributed by atoms with Crippen molar-refractivity contribution in [1.29, 1.82) is 0 Å². The van der Waals surface area contributed by atoms with Crippen molar-refractivity contribution in [2.24, 2.45) is 0 Å². The Morgan fingerprint density at radius 3 is 2.69 bits per heavy atom. The average molecular weight is 217 g/mol. The van der Waals surface area contributed by atoms with E-state index in [-0.39, 0.29) is 0 Å². The first-order valence-electron chi connectivity index (χ1n) is 5.73. The number of methoxy groups -OCH3 is 1. The summed E-state index contributed by atoms with van der Waals surface area (Å²) in [4.78, 5) is 0. The van der Waals surface area contributed by atoms with E-state index in [4.69, 9.17) is 4.74 Å². The maximum absolute atomic E-state index is 5.26. The number of benzene rings is 1. The largest absolute Gasteiger partial charge is 0.380 e. The summed E-state index contributed by atoms with van der Waals surface area (Å²) in [6.07, 6.45) is 2.21. The van der Waals surface area contributed by atoms with Crippen molar-refractivity contribution in [3.8, 4) is 0 Å². The summed E-state index contributed by atoms with van der Waals surface area (Å²) in [6, 6.07) is 6.93. The normalized spacial score (nSPS) is 11.6. The zero-order valence-corrected chi connectivity index (χ0v) is 10.4. The molecule has 2 heteroatoms. The zero-order chi connectivity index (χ0) is 11.7. The van der Waals surface area contributed by atoms with Gasteiger partial charge in [0.25, 0.3) is 0 Å². The van der Waals surface area contributed by atoms with E-state index in [1.54, 1.807) is 7.11 Å². The first-order valence-corrected chi connectivity index (χ1v) is 5.73. The fourth-order valence-corrected chi connectivity index (χ4v) is 2.24. The number of hydrogen-bond donors (Lipinski definition) is 0. The molecule has 0 atom stereocenters. The number of nitrogens with zero attached hydrogens (tertiary/aromatic N) is 1. The van der Waals surface area contributed by atoms with Gasteiger partial charge in [-0.3, -0.25) is 0 Å². The number of aryl methyl sites for hydroxylation is 1. The van der Waals surface area contributed by atoms with Gasteiger partial charge >= 0.3 is 0 Å². The Balaban J connectivity index is 2.71. The second-order valence-corrected chi connectivity index (χ2v) is 4.56. The van der Waals surface area contributed by atoms with E-state index in [1.807, 2.05) is 0 Å². The zero-order valence-electron chi connectivity index (χ0n) is 10.4. The molecule has 2 rings (SSSR count). The van der Waals surface area contributed by atoms with Crippen molar-refractivity contribution >= 4 is 10.9 Å². The van der Waals surface area contributed by atoms with Gasteiger partial charge in [-0.2, -0.15) is 0 Å². The fourth-order valence-electron chi connectivity index (χ4n) is 2.24. The molecule has 0 N–H and O–H groups in total. The van der Waals surface area contributed by atoms with Gasteiger partial charge in [-0.15, -0.1) is 0 Å². The van der Waals surface area contributed by atoms with E-state index in [0.717, 1.165) is 0 Å². The molecule has 1 aromatic heterocycles. The molecule has 0 spiro atoms. The Bertz CT molecular complexity index is 497. The van der Waals surface area contributed by atoms with Crippen molar-refractivity contribution < 1.29 is 4.74 Å². The summed E-state index contributed by atoms with van der Waals surface area (Å²) in [5.74, 6) is 0. The van der Waals surface area contributed by atoms with E-state index >= 15 is 0 Å². The third-order valence-corrected chi connectivity index (χ3v) is 2.99. The molecule has 1 heterocycles. The minimum atomic E-state index is 0.481. The van der Waals surface area contributed by atoms with Crippen LogP contribution < -0.4 is 0 Å². The predicted molar refractivity (Wildman–Crippen MR) is 67.8 cm³/mol. The molecular formula is C14H19NO. The lowest BCUT2D eigenvalue weighted by molar-refractivity contribution is 0.185. The van der Waals surface area contributed by atoms with E-state index < -0.39 is 0 Å². The molecule has 0 unspecified atom stereocenters. The quantitative estimate of drug-likeness (QED) is 0.765. The summed E-state index contributed by atoms with van der Waals surface area (Å²) in [5, 5.41) is 1.32. The molecule has 2 aromatic rings. The summed E-state index contributed by atoms with van der Waals surface area (Å²) in [7, 11) is 1.74. The first kappa shape index (κ1) is 11.2. The maximum atomic E-state index is 5.26. The van der Waals surface area contributed by atoms with Crippen molar-refractivity contribution in [3.63, 3.8) is 0 Å². The highest BCUT2D eigenvalue weighted by atomic mass is 16.5. The van der Waals surface area contributed by atoms with Crippen LogP contribution in [0, 0.1) is 6.92 Å². The van der Waals surface area contributed by atoms with Gasteiger partial charge in [-0.25, -0.2) is 0 Å². The topological polar surface area (TPSA) is 14.2 Å². The third kappa shape index (κ3) is 1.74. The number of fused-ring (bicyclic) bond motifs is 1. The van der Waals surface area contributed by atoms with Crippen LogP contribution >= 0.6 is 0 Å². The van der Waals surface area contributed by atoms with Crippen LogP contribution in [-0.4, -0.2) is 11.7 Å². The van der Waals surface area contributed by atoms with Crippen molar-refractivity contribution in [3.05, 3.63) is 35.5 Å². The number of para-hydroxylation sites is 1. The van der Waals surface area contributed by atoms with Gasteiger partial charge in [0.15, 0.2) is 0 Å². The molecular weight excluding hydrogens is 198 g/mol. The number of ether oxygens (including phenoxy) is 1. The second-order valence-electron chi connectivity index (χ2n) is 4.56.